The summed E-state index contributed by atoms with van der Waals surface area (Å²) in [5, 5.41) is 3.89. The van der Waals surface area contributed by atoms with Crippen molar-refractivity contribution < 1.29 is 8.78 Å². The fraction of sp³-hybridized carbons (Fsp3) is 0.250. The molecule has 0 spiro atoms. The lowest BCUT2D eigenvalue weighted by Gasteiger charge is -2.17. The summed E-state index contributed by atoms with van der Waals surface area (Å²) in [6.45, 7) is 0.0198. The number of hydrogen-bond donors (Lipinski definition) is 1. The smallest absolute Gasteiger partial charge is 0.285 e. The molecule has 0 fully saturated rings. The van der Waals surface area contributed by atoms with Gasteiger partial charge in [-0.2, -0.15) is 8.78 Å². The van der Waals surface area contributed by atoms with Gasteiger partial charge in [-0.05, 0) is 30.7 Å². The van der Waals surface area contributed by atoms with E-state index in [9.17, 15) is 8.78 Å². The topological polar surface area (TPSA) is 12.0 Å². The Morgan fingerprint density at radius 2 is 1.71 bits per heavy atom. The monoisotopic (exact) mass is 329 g/mol. The number of alkyl halides is 2. The van der Waals surface area contributed by atoms with E-state index in [1.165, 1.54) is 12.1 Å². The predicted octanol–water partition coefficient (Wildman–Crippen LogP) is 4.92. The molecule has 0 unspecified atom stereocenters. The Balaban J connectivity index is 1.84. The van der Waals surface area contributed by atoms with Crippen molar-refractivity contribution in [1.82, 2.24) is 5.32 Å². The Morgan fingerprint density at radius 3 is 2.38 bits per heavy atom. The molecule has 5 heteroatoms. The van der Waals surface area contributed by atoms with Crippen LogP contribution in [0, 0.1) is 0 Å². The van der Waals surface area contributed by atoms with Crippen LogP contribution in [0.3, 0.4) is 0 Å². The normalized spacial score (nSPS) is 11.6. The summed E-state index contributed by atoms with van der Waals surface area (Å²) in [4.78, 5) is 0. The number of halogens is 4. The molecule has 2 aromatic rings. The predicted molar refractivity (Wildman–Crippen MR) is 83.4 cm³/mol. The maximum absolute atomic E-state index is 13.9. The summed E-state index contributed by atoms with van der Waals surface area (Å²) in [5.41, 5.74) is 0.901. The Bertz CT molecular complexity index is 588. The van der Waals surface area contributed by atoms with Gasteiger partial charge in [-0.25, -0.2) is 0 Å². The van der Waals surface area contributed by atoms with E-state index >= 15 is 0 Å². The summed E-state index contributed by atoms with van der Waals surface area (Å²) >= 11 is 11.8. The van der Waals surface area contributed by atoms with Gasteiger partial charge in [0, 0.05) is 15.6 Å². The summed E-state index contributed by atoms with van der Waals surface area (Å²) < 4.78 is 27.8. The Morgan fingerprint density at radius 1 is 1.00 bits per heavy atom. The average Bonchev–Trinajstić information content (AvgIpc) is 2.46. The lowest BCUT2D eigenvalue weighted by atomic mass is 10.1. The second kappa shape index (κ2) is 7.21. The van der Waals surface area contributed by atoms with Gasteiger partial charge >= 0.3 is 0 Å². The number of benzene rings is 2. The lowest BCUT2D eigenvalue weighted by Crippen LogP contribution is -2.32. The van der Waals surface area contributed by atoms with Crippen molar-refractivity contribution >= 4 is 23.2 Å². The van der Waals surface area contributed by atoms with Crippen LogP contribution < -0.4 is 5.32 Å². The number of nitrogens with one attached hydrogen (secondary N) is 1. The van der Waals surface area contributed by atoms with Crippen molar-refractivity contribution in [2.45, 2.75) is 12.3 Å². The average molecular weight is 330 g/mol. The molecule has 0 aromatic heterocycles. The van der Waals surface area contributed by atoms with E-state index in [0.29, 0.717) is 23.0 Å². The van der Waals surface area contributed by atoms with E-state index in [0.717, 1.165) is 5.56 Å². The highest BCUT2D eigenvalue weighted by Crippen LogP contribution is 2.26. The Labute approximate surface area is 132 Å². The first-order chi connectivity index (χ1) is 9.99. The van der Waals surface area contributed by atoms with Crippen molar-refractivity contribution in [3.8, 4) is 0 Å². The zero-order chi connectivity index (χ0) is 15.3. The molecule has 2 rings (SSSR count). The first kappa shape index (κ1) is 16.2. The molecule has 0 radical (unpaired) electrons. The minimum Gasteiger partial charge on any atom is -0.311 e. The van der Waals surface area contributed by atoms with Gasteiger partial charge < -0.3 is 5.32 Å². The first-order valence-electron chi connectivity index (χ1n) is 6.57. The van der Waals surface area contributed by atoms with Crippen LogP contribution >= 0.6 is 23.2 Å². The molecule has 0 saturated carbocycles. The molecule has 0 heterocycles. The van der Waals surface area contributed by atoms with Gasteiger partial charge in [-0.3, -0.25) is 0 Å². The van der Waals surface area contributed by atoms with Gasteiger partial charge in [0.1, 0.15) is 0 Å². The highest BCUT2D eigenvalue weighted by molar-refractivity contribution is 6.35. The third kappa shape index (κ3) is 4.67. The van der Waals surface area contributed by atoms with Gasteiger partial charge in [0.05, 0.1) is 6.54 Å². The highest BCUT2D eigenvalue weighted by Gasteiger charge is 2.30. The number of hydrogen-bond acceptors (Lipinski definition) is 1. The van der Waals surface area contributed by atoms with Crippen molar-refractivity contribution in [3.63, 3.8) is 0 Å². The Hall–Kier alpha value is -1.16. The van der Waals surface area contributed by atoms with Crippen LogP contribution in [-0.4, -0.2) is 13.1 Å². The third-order valence-corrected chi connectivity index (χ3v) is 3.72. The maximum atomic E-state index is 13.9. The van der Waals surface area contributed by atoms with Crippen LogP contribution in [-0.2, 0) is 12.3 Å². The van der Waals surface area contributed by atoms with Crippen molar-refractivity contribution in [3.05, 3.63) is 69.7 Å². The van der Waals surface area contributed by atoms with Crippen molar-refractivity contribution in [2.75, 3.05) is 13.1 Å². The summed E-state index contributed by atoms with van der Waals surface area (Å²) in [6, 6.07) is 13.0. The minimum atomic E-state index is -2.88. The molecule has 2 aromatic carbocycles. The van der Waals surface area contributed by atoms with E-state index in [2.05, 4.69) is 5.32 Å². The minimum absolute atomic E-state index is 0.0158. The summed E-state index contributed by atoms with van der Waals surface area (Å²) in [6.07, 6.45) is 0.570. The molecule has 1 nitrogen and oxygen atoms in total. The fourth-order valence-corrected chi connectivity index (χ4v) is 2.48. The molecule has 0 aliphatic heterocycles. The van der Waals surface area contributed by atoms with Gasteiger partial charge in [0.25, 0.3) is 5.92 Å². The molecule has 0 saturated heterocycles. The van der Waals surface area contributed by atoms with Gasteiger partial charge in [-0.1, -0.05) is 59.6 Å². The second-order valence-electron chi connectivity index (χ2n) is 4.73. The van der Waals surface area contributed by atoms with Gasteiger partial charge in [0.2, 0.25) is 0 Å². The second-order valence-corrected chi connectivity index (χ2v) is 5.58. The van der Waals surface area contributed by atoms with Crippen LogP contribution in [0.2, 0.25) is 10.0 Å². The van der Waals surface area contributed by atoms with Crippen molar-refractivity contribution in [2.24, 2.45) is 0 Å². The van der Waals surface area contributed by atoms with Gasteiger partial charge in [-0.15, -0.1) is 0 Å². The molecule has 0 amide bonds. The molecule has 0 atom stereocenters. The van der Waals surface area contributed by atoms with Gasteiger partial charge in [0.15, 0.2) is 0 Å². The summed E-state index contributed by atoms with van der Waals surface area (Å²) in [7, 11) is 0. The molecule has 1 N–H and O–H groups in total. The molecule has 0 aliphatic carbocycles. The van der Waals surface area contributed by atoms with Crippen LogP contribution in [0.4, 0.5) is 8.78 Å². The van der Waals surface area contributed by atoms with E-state index in [1.54, 1.807) is 30.3 Å². The van der Waals surface area contributed by atoms with Crippen LogP contribution in [0.15, 0.2) is 48.5 Å². The molecular formula is C16H15Cl2F2N. The number of rotatable bonds is 6. The van der Waals surface area contributed by atoms with E-state index in [4.69, 9.17) is 23.2 Å². The first-order valence-corrected chi connectivity index (χ1v) is 7.32. The quantitative estimate of drug-likeness (QED) is 0.742. The molecular weight excluding hydrogens is 315 g/mol. The van der Waals surface area contributed by atoms with E-state index in [-0.39, 0.29) is 5.56 Å². The zero-order valence-electron chi connectivity index (χ0n) is 11.3. The van der Waals surface area contributed by atoms with Crippen LogP contribution in [0.5, 0.6) is 0 Å². The largest absolute Gasteiger partial charge is 0.311 e. The Kier molecular flexibility index (Phi) is 5.57. The fourth-order valence-electron chi connectivity index (χ4n) is 1.98. The standard InChI is InChI=1S/C16H15Cl2F2N/c17-14-7-6-12(15(18)10-14)8-9-21-11-16(19,20)13-4-2-1-3-5-13/h1-7,10,21H,8-9,11H2. The van der Waals surface area contributed by atoms with Crippen LogP contribution in [0.1, 0.15) is 11.1 Å². The molecule has 0 aliphatic rings. The molecule has 112 valence electrons. The SMILES string of the molecule is FC(F)(CNCCc1ccc(Cl)cc1Cl)c1ccccc1. The summed E-state index contributed by atoms with van der Waals surface area (Å²) in [5.74, 6) is -2.88. The van der Waals surface area contributed by atoms with E-state index in [1.807, 2.05) is 6.07 Å². The lowest BCUT2D eigenvalue weighted by molar-refractivity contribution is -0.00285. The maximum Gasteiger partial charge on any atom is 0.285 e. The van der Waals surface area contributed by atoms with Crippen LogP contribution in [0.25, 0.3) is 0 Å². The highest BCUT2D eigenvalue weighted by atomic mass is 35.5. The molecule has 21 heavy (non-hydrogen) atoms. The molecule has 0 bridgehead atoms. The zero-order valence-corrected chi connectivity index (χ0v) is 12.8. The van der Waals surface area contributed by atoms with E-state index < -0.39 is 12.5 Å². The van der Waals surface area contributed by atoms with Crippen molar-refractivity contribution in [1.29, 1.82) is 0 Å². The third-order valence-electron chi connectivity index (χ3n) is 3.13.